The topological polar surface area (TPSA) is 73.6 Å². The quantitative estimate of drug-likeness (QED) is 0.690. The lowest BCUT2D eigenvalue weighted by atomic mass is 10.2. The highest BCUT2D eigenvalue weighted by molar-refractivity contribution is 5.89. The number of hydrogen-bond acceptors (Lipinski definition) is 5. The highest BCUT2D eigenvalue weighted by Crippen LogP contribution is 2.15. The number of carbonyl (C=O) groups is 1. The normalized spacial score (nSPS) is 11.4. The Bertz CT molecular complexity index is 629. The molecule has 0 unspecified atom stereocenters. The molecule has 2 rings (SSSR count). The van der Waals surface area contributed by atoms with Crippen LogP contribution in [0.5, 0.6) is 0 Å². The fraction of sp³-hybridized carbons (Fsp3) is 0.333. The molecule has 1 heterocycles. The summed E-state index contributed by atoms with van der Waals surface area (Å²) in [4.78, 5) is 21.8. The first-order valence-electron chi connectivity index (χ1n) is 6.55. The van der Waals surface area contributed by atoms with E-state index in [9.17, 15) is 9.90 Å². The van der Waals surface area contributed by atoms with Crippen molar-refractivity contribution in [2.24, 2.45) is 0 Å². The van der Waals surface area contributed by atoms with Crippen LogP contribution in [0.2, 0.25) is 0 Å². The summed E-state index contributed by atoms with van der Waals surface area (Å²) in [5.74, 6) is -0.579. The molecule has 0 spiro atoms. The molecule has 0 saturated carbocycles. The Kier molecular flexibility index (Phi) is 4.40. The minimum absolute atomic E-state index is 0.137. The molecule has 0 radical (unpaired) electrons. The molecule has 6 nitrogen and oxygen atoms in total. The molecule has 0 aliphatic carbocycles. The average Bonchev–Trinajstić information content (AvgIpc) is 2.92. The predicted octanol–water partition coefficient (Wildman–Crippen LogP) is 2.25. The Morgan fingerprint density at radius 2 is 2.10 bits per heavy atom. The molecule has 1 aromatic carbocycles. The van der Waals surface area contributed by atoms with Crippen LogP contribution in [-0.4, -0.2) is 26.5 Å². The molecule has 2 aromatic rings. The minimum Gasteiger partial charge on any atom is -0.390 e. The monoisotopic (exact) mass is 290 g/mol. The summed E-state index contributed by atoms with van der Waals surface area (Å²) in [7, 11) is 0. The van der Waals surface area contributed by atoms with Crippen molar-refractivity contribution in [3.63, 3.8) is 0 Å². The number of benzene rings is 1. The maximum absolute atomic E-state index is 11.9. The number of aliphatic hydroxyl groups is 1. The first kappa shape index (κ1) is 15.2. The van der Waals surface area contributed by atoms with Crippen molar-refractivity contribution in [3.8, 4) is 5.69 Å². The number of nitrogens with zero attached hydrogens (tertiary/aromatic N) is 2. The van der Waals surface area contributed by atoms with Gasteiger partial charge in [0.05, 0.1) is 23.6 Å². The Hall–Kier alpha value is -2.18. The third kappa shape index (κ3) is 3.90. The average molecular weight is 290 g/mol. The number of rotatable bonds is 4. The lowest BCUT2D eigenvalue weighted by Crippen LogP contribution is -2.22. The van der Waals surface area contributed by atoms with Crippen LogP contribution < -0.4 is 0 Å². The van der Waals surface area contributed by atoms with Crippen LogP contribution in [0.1, 0.15) is 36.8 Å². The molecule has 0 amide bonds. The standard InChI is InChI=1S/C15H18N2O4/c1-15(2,3)21-20-14(19)11-5-4-6-12(9-11)17-13(10-18)7-8-16-17/h4-9,18H,10H2,1-3H3. The van der Waals surface area contributed by atoms with Gasteiger partial charge in [0, 0.05) is 6.20 Å². The molecule has 0 saturated heterocycles. The zero-order valence-electron chi connectivity index (χ0n) is 12.2. The molecule has 21 heavy (non-hydrogen) atoms. The summed E-state index contributed by atoms with van der Waals surface area (Å²) in [6.07, 6.45) is 1.58. The van der Waals surface area contributed by atoms with Gasteiger partial charge in [-0.15, -0.1) is 0 Å². The molecular formula is C15H18N2O4. The fourth-order valence-corrected chi connectivity index (χ4v) is 1.66. The second kappa shape index (κ2) is 6.07. The molecule has 0 fully saturated rings. The molecule has 0 bridgehead atoms. The van der Waals surface area contributed by atoms with E-state index in [0.717, 1.165) is 0 Å². The minimum atomic E-state index is -0.579. The van der Waals surface area contributed by atoms with Crippen LogP contribution in [0.4, 0.5) is 0 Å². The maximum atomic E-state index is 11.9. The smallest absolute Gasteiger partial charge is 0.373 e. The number of hydrogen-bond donors (Lipinski definition) is 1. The van der Waals surface area contributed by atoms with E-state index < -0.39 is 11.6 Å². The molecule has 0 aliphatic heterocycles. The van der Waals surface area contributed by atoms with Crippen molar-refractivity contribution in [3.05, 3.63) is 47.8 Å². The van der Waals surface area contributed by atoms with Crippen LogP contribution in [0.15, 0.2) is 36.5 Å². The summed E-state index contributed by atoms with van der Waals surface area (Å²) in [6.45, 7) is 5.22. The van der Waals surface area contributed by atoms with E-state index in [1.54, 1.807) is 62.0 Å². The lowest BCUT2D eigenvalue weighted by molar-refractivity contribution is -0.301. The molecule has 6 heteroatoms. The van der Waals surface area contributed by atoms with Gasteiger partial charge in [0.1, 0.15) is 5.60 Å². The van der Waals surface area contributed by atoms with Gasteiger partial charge in [-0.05, 0) is 45.0 Å². The van der Waals surface area contributed by atoms with Crippen LogP contribution >= 0.6 is 0 Å². The van der Waals surface area contributed by atoms with E-state index in [2.05, 4.69) is 5.10 Å². The molecular weight excluding hydrogens is 272 g/mol. The maximum Gasteiger partial charge on any atom is 0.373 e. The fourth-order valence-electron chi connectivity index (χ4n) is 1.66. The number of aromatic nitrogens is 2. The summed E-state index contributed by atoms with van der Waals surface area (Å²) in [5, 5.41) is 13.4. The Balaban J connectivity index is 2.20. The van der Waals surface area contributed by atoms with Gasteiger partial charge >= 0.3 is 5.97 Å². The van der Waals surface area contributed by atoms with Gasteiger partial charge in [0.25, 0.3) is 0 Å². The van der Waals surface area contributed by atoms with Crippen molar-refractivity contribution in [1.82, 2.24) is 9.78 Å². The zero-order valence-corrected chi connectivity index (χ0v) is 12.2. The molecule has 1 aromatic heterocycles. The van der Waals surface area contributed by atoms with Gasteiger partial charge in [-0.2, -0.15) is 9.99 Å². The number of carbonyl (C=O) groups excluding carboxylic acids is 1. The molecule has 0 atom stereocenters. The SMILES string of the molecule is CC(C)(C)OOC(=O)c1cccc(-n2nccc2CO)c1. The Labute approximate surface area is 122 Å². The zero-order chi connectivity index (χ0) is 15.5. The third-order valence-corrected chi connectivity index (χ3v) is 2.58. The van der Waals surface area contributed by atoms with E-state index in [1.807, 2.05) is 0 Å². The summed E-state index contributed by atoms with van der Waals surface area (Å²) >= 11 is 0. The van der Waals surface area contributed by atoms with Gasteiger partial charge in [-0.1, -0.05) is 6.07 Å². The number of aliphatic hydroxyl groups excluding tert-OH is 1. The summed E-state index contributed by atoms with van der Waals surface area (Å²) in [5.41, 5.74) is 1.07. The van der Waals surface area contributed by atoms with E-state index in [-0.39, 0.29) is 6.61 Å². The molecule has 0 aliphatic rings. The second-order valence-corrected chi connectivity index (χ2v) is 5.51. The van der Waals surface area contributed by atoms with Gasteiger partial charge in [-0.25, -0.2) is 9.48 Å². The van der Waals surface area contributed by atoms with Gasteiger partial charge < -0.3 is 5.11 Å². The van der Waals surface area contributed by atoms with E-state index in [4.69, 9.17) is 9.78 Å². The van der Waals surface area contributed by atoms with E-state index >= 15 is 0 Å². The van der Waals surface area contributed by atoms with Crippen molar-refractivity contribution in [2.45, 2.75) is 33.0 Å². The summed E-state index contributed by atoms with van der Waals surface area (Å²) < 4.78 is 1.56. The van der Waals surface area contributed by atoms with Crippen LogP contribution in [0.25, 0.3) is 5.69 Å². The van der Waals surface area contributed by atoms with E-state index in [1.165, 1.54) is 0 Å². The predicted molar refractivity (Wildman–Crippen MR) is 75.7 cm³/mol. The van der Waals surface area contributed by atoms with Crippen molar-refractivity contribution in [2.75, 3.05) is 0 Å². The first-order valence-corrected chi connectivity index (χ1v) is 6.55. The van der Waals surface area contributed by atoms with Gasteiger partial charge in [0.15, 0.2) is 0 Å². The van der Waals surface area contributed by atoms with Crippen LogP contribution in [0.3, 0.4) is 0 Å². The third-order valence-electron chi connectivity index (χ3n) is 2.58. The largest absolute Gasteiger partial charge is 0.390 e. The van der Waals surface area contributed by atoms with E-state index in [0.29, 0.717) is 16.9 Å². The van der Waals surface area contributed by atoms with Crippen molar-refractivity contribution >= 4 is 5.97 Å². The first-order chi connectivity index (χ1) is 9.90. The van der Waals surface area contributed by atoms with Crippen LogP contribution in [-0.2, 0) is 16.4 Å². The molecule has 1 N–H and O–H groups in total. The lowest BCUT2D eigenvalue weighted by Gasteiger charge is -2.16. The Morgan fingerprint density at radius 3 is 2.76 bits per heavy atom. The highest BCUT2D eigenvalue weighted by Gasteiger charge is 2.17. The van der Waals surface area contributed by atoms with Crippen molar-refractivity contribution in [1.29, 1.82) is 0 Å². The Morgan fingerprint density at radius 1 is 1.33 bits per heavy atom. The highest BCUT2D eigenvalue weighted by atomic mass is 17.2. The van der Waals surface area contributed by atoms with Crippen LogP contribution in [0, 0.1) is 0 Å². The van der Waals surface area contributed by atoms with Crippen molar-refractivity contribution < 1.29 is 19.7 Å². The summed E-state index contributed by atoms with van der Waals surface area (Å²) in [6, 6.07) is 8.45. The van der Waals surface area contributed by atoms with Gasteiger partial charge in [-0.3, -0.25) is 4.89 Å². The van der Waals surface area contributed by atoms with Gasteiger partial charge in [0.2, 0.25) is 0 Å². The molecule has 112 valence electrons. The second-order valence-electron chi connectivity index (χ2n) is 5.51.